The zero-order chi connectivity index (χ0) is 10.8. The average Bonchev–Trinajstić information content (AvgIpc) is 2.21. The van der Waals surface area contributed by atoms with Crippen LogP contribution in [0.25, 0.3) is 0 Å². The Kier molecular flexibility index (Phi) is 9.00. The number of nitrogens with one attached hydrogen (secondary N) is 1. The molecule has 0 amide bonds. The topological polar surface area (TPSA) is 32.3 Å². The van der Waals surface area contributed by atoms with Gasteiger partial charge in [0.25, 0.3) is 0 Å². The molecule has 0 aromatic rings. The lowest BCUT2D eigenvalue weighted by molar-refractivity contribution is 0.207. The van der Waals surface area contributed by atoms with Crippen molar-refractivity contribution in [2.75, 3.05) is 13.2 Å². The van der Waals surface area contributed by atoms with Gasteiger partial charge in [0.15, 0.2) is 0 Å². The monoisotopic (exact) mass is 199 g/mol. The van der Waals surface area contributed by atoms with Crippen molar-refractivity contribution in [1.82, 2.24) is 5.32 Å². The molecule has 0 bridgehead atoms. The van der Waals surface area contributed by atoms with Gasteiger partial charge >= 0.3 is 0 Å². The van der Waals surface area contributed by atoms with Gasteiger partial charge in [-0.1, -0.05) is 19.4 Å². The molecule has 0 aliphatic carbocycles. The Morgan fingerprint density at radius 1 is 1.29 bits per heavy atom. The summed E-state index contributed by atoms with van der Waals surface area (Å²) in [6, 6.07) is 0.416. The maximum atomic E-state index is 8.93. The summed E-state index contributed by atoms with van der Waals surface area (Å²) in [5.74, 6) is 0.350. The molecular weight excluding hydrogens is 174 g/mol. The zero-order valence-corrected chi connectivity index (χ0v) is 9.63. The highest BCUT2D eigenvalue weighted by Gasteiger charge is 2.08. The summed E-state index contributed by atoms with van der Waals surface area (Å²) in [7, 11) is 0. The number of allylic oxidation sites excluding steroid dienone is 1. The first-order chi connectivity index (χ1) is 6.72. The van der Waals surface area contributed by atoms with Crippen LogP contribution in [0.2, 0.25) is 0 Å². The van der Waals surface area contributed by atoms with Gasteiger partial charge in [-0.05, 0) is 38.6 Å². The van der Waals surface area contributed by atoms with Crippen LogP contribution >= 0.6 is 0 Å². The van der Waals surface area contributed by atoms with Crippen molar-refractivity contribution < 1.29 is 5.11 Å². The zero-order valence-electron chi connectivity index (χ0n) is 9.63. The molecule has 2 unspecified atom stereocenters. The third-order valence-electron chi connectivity index (χ3n) is 2.69. The van der Waals surface area contributed by atoms with E-state index in [1.807, 2.05) is 6.08 Å². The lowest BCUT2D eigenvalue weighted by Crippen LogP contribution is -2.34. The number of rotatable bonds is 9. The predicted molar refractivity (Wildman–Crippen MR) is 62.4 cm³/mol. The Balaban J connectivity index is 3.22. The normalized spacial score (nSPS) is 15.1. The third kappa shape index (κ3) is 7.10. The number of hydrogen-bond acceptors (Lipinski definition) is 2. The molecule has 14 heavy (non-hydrogen) atoms. The van der Waals surface area contributed by atoms with Gasteiger partial charge in [-0.3, -0.25) is 0 Å². The van der Waals surface area contributed by atoms with E-state index < -0.39 is 0 Å². The first kappa shape index (κ1) is 13.7. The summed E-state index contributed by atoms with van der Waals surface area (Å²) in [5.41, 5.74) is 0. The van der Waals surface area contributed by atoms with Crippen molar-refractivity contribution >= 4 is 0 Å². The van der Waals surface area contributed by atoms with Gasteiger partial charge in [-0.15, -0.1) is 6.58 Å². The Morgan fingerprint density at radius 2 is 2.00 bits per heavy atom. The van der Waals surface area contributed by atoms with Crippen LogP contribution in [-0.4, -0.2) is 24.3 Å². The molecule has 0 rings (SSSR count). The van der Waals surface area contributed by atoms with Crippen molar-refractivity contribution in [3.8, 4) is 0 Å². The van der Waals surface area contributed by atoms with Crippen molar-refractivity contribution in [2.24, 2.45) is 5.92 Å². The fourth-order valence-corrected chi connectivity index (χ4v) is 1.28. The summed E-state index contributed by atoms with van der Waals surface area (Å²) < 4.78 is 0. The van der Waals surface area contributed by atoms with E-state index in [1.165, 1.54) is 19.3 Å². The molecule has 0 aromatic heterocycles. The summed E-state index contributed by atoms with van der Waals surface area (Å²) >= 11 is 0. The van der Waals surface area contributed by atoms with Gasteiger partial charge < -0.3 is 10.4 Å². The maximum absolute atomic E-state index is 8.93. The Bertz CT molecular complexity index is 136. The largest absolute Gasteiger partial charge is 0.396 e. The van der Waals surface area contributed by atoms with Gasteiger partial charge in [-0.2, -0.15) is 0 Å². The Morgan fingerprint density at radius 3 is 2.57 bits per heavy atom. The van der Waals surface area contributed by atoms with Gasteiger partial charge in [0.05, 0.1) is 0 Å². The van der Waals surface area contributed by atoms with E-state index in [0.29, 0.717) is 12.0 Å². The van der Waals surface area contributed by atoms with Crippen LogP contribution in [0, 0.1) is 5.92 Å². The van der Waals surface area contributed by atoms with E-state index in [-0.39, 0.29) is 6.61 Å². The first-order valence-corrected chi connectivity index (χ1v) is 5.67. The molecule has 84 valence electrons. The van der Waals surface area contributed by atoms with Crippen LogP contribution in [0.1, 0.15) is 39.5 Å². The van der Waals surface area contributed by atoms with Crippen LogP contribution in [0.5, 0.6) is 0 Å². The average molecular weight is 199 g/mol. The van der Waals surface area contributed by atoms with Crippen molar-refractivity contribution in [1.29, 1.82) is 0 Å². The molecule has 0 aromatic carbocycles. The van der Waals surface area contributed by atoms with Gasteiger partial charge in [-0.25, -0.2) is 0 Å². The molecule has 0 heterocycles. The molecule has 0 saturated heterocycles. The van der Waals surface area contributed by atoms with Crippen LogP contribution in [0.4, 0.5) is 0 Å². The fraction of sp³-hybridized carbons (Fsp3) is 0.833. The molecule has 0 fully saturated rings. The van der Waals surface area contributed by atoms with E-state index >= 15 is 0 Å². The second kappa shape index (κ2) is 9.22. The fourth-order valence-electron chi connectivity index (χ4n) is 1.28. The van der Waals surface area contributed by atoms with E-state index in [1.54, 1.807) is 0 Å². The minimum Gasteiger partial charge on any atom is -0.396 e. The summed E-state index contributed by atoms with van der Waals surface area (Å²) in [6.07, 6.45) is 6.83. The third-order valence-corrected chi connectivity index (χ3v) is 2.69. The molecule has 0 radical (unpaired) electrons. The summed E-state index contributed by atoms with van der Waals surface area (Å²) in [4.78, 5) is 0. The highest BCUT2D eigenvalue weighted by molar-refractivity contribution is 4.68. The lowest BCUT2D eigenvalue weighted by atomic mass is 10.1. The molecule has 0 aliphatic rings. The van der Waals surface area contributed by atoms with E-state index in [4.69, 9.17) is 5.11 Å². The molecule has 0 saturated carbocycles. The molecule has 0 aliphatic heterocycles. The minimum atomic E-state index is 0.268. The number of aliphatic hydroxyl groups is 1. The standard InChI is InChI=1S/C12H25NO/c1-4-5-6-7-8-9-13-12(3)11(2)10-14/h4,11-14H,1,5-10H2,2-3H3. The van der Waals surface area contributed by atoms with Gasteiger partial charge in [0, 0.05) is 12.6 Å². The molecule has 0 spiro atoms. The second-order valence-electron chi connectivity index (χ2n) is 4.04. The van der Waals surface area contributed by atoms with Gasteiger partial charge in [0.1, 0.15) is 0 Å². The van der Waals surface area contributed by atoms with Crippen molar-refractivity contribution in [3.63, 3.8) is 0 Å². The van der Waals surface area contributed by atoms with Crippen LogP contribution in [0.3, 0.4) is 0 Å². The van der Waals surface area contributed by atoms with Crippen molar-refractivity contribution in [3.05, 3.63) is 12.7 Å². The van der Waals surface area contributed by atoms with Crippen LogP contribution < -0.4 is 5.32 Å². The minimum absolute atomic E-state index is 0.268. The van der Waals surface area contributed by atoms with Crippen molar-refractivity contribution in [2.45, 2.75) is 45.6 Å². The molecule has 2 nitrogen and oxygen atoms in total. The number of hydrogen-bond donors (Lipinski definition) is 2. The second-order valence-corrected chi connectivity index (χ2v) is 4.04. The van der Waals surface area contributed by atoms with Crippen LogP contribution in [0.15, 0.2) is 12.7 Å². The quantitative estimate of drug-likeness (QED) is 0.441. The van der Waals surface area contributed by atoms with E-state index in [9.17, 15) is 0 Å². The number of aliphatic hydroxyl groups excluding tert-OH is 1. The SMILES string of the molecule is C=CCCCCCNC(C)C(C)CO. The smallest absolute Gasteiger partial charge is 0.0471 e. The molecular formula is C12H25NO. The highest BCUT2D eigenvalue weighted by atomic mass is 16.3. The Hall–Kier alpha value is -0.340. The Labute approximate surface area is 88.4 Å². The summed E-state index contributed by atoms with van der Waals surface area (Å²) in [5, 5.41) is 12.4. The molecule has 2 atom stereocenters. The lowest BCUT2D eigenvalue weighted by Gasteiger charge is -2.19. The predicted octanol–water partition coefficient (Wildman–Crippen LogP) is 2.34. The number of unbranched alkanes of at least 4 members (excludes halogenated alkanes) is 3. The first-order valence-electron chi connectivity index (χ1n) is 5.67. The van der Waals surface area contributed by atoms with Crippen LogP contribution in [-0.2, 0) is 0 Å². The highest BCUT2D eigenvalue weighted by Crippen LogP contribution is 2.02. The van der Waals surface area contributed by atoms with E-state index in [2.05, 4.69) is 25.7 Å². The maximum Gasteiger partial charge on any atom is 0.0471 e. The molecule has 2 N–H and O–H groups in total. The molecule has 2 heteroatoms. The van der Waals surface area contributed by atoms with Gasteiger partial charge in [0.2, 0.25) is 0 Å². The summed E-state index contributed by atoms with van der Waals surface area (Å²) in [6.45, 7) is 9.22. The van der Waals surface area contributed by atoms with E-state index in [0.717, 1.165) is 13.0 Å².